The molecule has 1 unspecified atom stereocenters. The van der Waals surface area contributed by atoms with Crippen LogP contribution in [0.1, 0.15) is 27.6 Å². The first kappa shape index (κ1) is 25.0. The number of piperazine rings is 1. The third-order valence-corrected chi connectivity index (χ3v) is 7.02. The van der Waals surface area contributed by atoms with Crippen molar-refractivity contribution in [3.05, 3.63) is 72.4 Å². The number of H-pyrrole nitrogens is 2. The number of hydrogen-bond acceptors (Lipinski definition) is 8. The van der Waals surface area contributed by atoms with Crippen LogP contribution >= 0.6 is 0 Å². The third-order valence-electron chi connectivity index (χ3n) is 7.02. The van der Waals surface area contributed by atoms with E-state index >= 15 is 0 Å². The number of hydrogen-bond donors (Lipinski definition) is 2. The van der Waals surface area contributed by atoms with E-state index in [1.54, 1.807) is 23.1 Å². The molecule has 202 valence electrons. The monoisotopic (exact) mass is 539 g/mol. The first-order valence-corrected chi connectivity index (χ1v) is 12.6. The van der Waals surface area contributed by atoms with Crippen LogP contribution in [-0.4, -0.2) is 85.3 Å². The molecule has 0 radical (unpaired) electrons. The smallest absolute Gasteiger partial charge is 0.295 e. The summed E-state index contributed by atoms with van der Waals surface area (Å²) in [7, 11) is 1.47. The zero-order valence-electron chi connectivity index (χ0n) is 21.7. The van der Waals surface area contributed by atoms with Gasteiger partial charge in [-0.2, -0.15) is 5.10 Å². The molecule has 0 bridgehead atoms. The van der Waals surface area contributed by atoms with Crippen molar-refractivity contribution in [2.45, 2.75) is 13.0 Å². The summed E-state index contributed by atoms with van der Waals surface area (Å²) in [6.07, 6.45) is 6.00. The maximum Gasteiger partial charge on any atom is 0.295 e. The second kappa shape index (κ2) is 10.1. The summed E-state index contributed by atoms with van der Waals surface area (Å²) >= 11 is 0. The van der Waals surface area contributed by atoms with Crippen LogP contribution < -0.4 is 4.74 Å². The summed E-state index contributed by atoms with van der Waals surface area (Å²) in [6, 6.07) is 10.5. The van der Waals surface area contributed by atoms with Crippen molar-refractivity contribution in [2.75, 3.05) is 26.7 Å². The number of methoxy groups -OCH3 is 1. The van der Waals surface area contributed by atoms with E-state index < -0.39 is 11.7 Å². The molecule has 0 aliphatic carbocycles. The van der Waals surface area contributed by atoms with Crippen molar-refractivity contribution in [1.82, 2.24) is 34.9 Å². The van der Waals surface area contributed by atoms with Gasteiger partial charge in [0, 0.05) is 37.4 Å². The summed E-state index contributed by atoms with van der Waals surface area (Å²) in [4.78, 5) is 55.1. The molecule has 0 spiro atoms. The van der Waals surface area contributed by atoms with Crippen LogP contribution in [0.5, 0.6) is 5.75 Å². The molecular formula is C28H25N7O5. The number of nitrogens with zero attached hydrogens (tertiary/aromatic N) is 5. The Morgan fingerprint density at radius 1 is 1.12 bits per heavy atom. The number of benzene rings is 1. The molecule has 12 heteroatoms. The lowest BCUT2D eigenvalue weighted by atomic mass is 10.1. The average Bonchev–Trinajstić information content (AvgIpc) is 3.77. The van der Waals surface area contributed by atoms with Gasteiger partial charge in [-0.05, 0) is 25.1 Å². The van der Waals surface area contributed by atoms with E-state index in [1.165, 1.54) is 36.9 Å². The number of nitrogens with one attached hydrogen (secondary N) is 2. The fourth-order valence-electron chi connectivity index (χ4n) is 4.97. The molecule has 12 nitrogen and oxygen atoms in total. The first-order valence-electron chi connectivity index (χ1n) is 12.6. The number of ether oxygens (including phenoxy) is 1. The van der Waals surface area contributed by atoms with Crippen LogP contribution in [0.2, 0.25) is 0 Å². The van der Waals surface area contributed by atoms with E-state index in [1.807, 2.05) is 25.1 Å². The number of aromatic amines is 2. The molecule has 1 fully saturated rings. The lowest BCUT2D eigenvalue weighted by molar-refractivity contribution is -0.128. The maximum absolute atomic E-state index is 13.5. The number of Topliss-reactive ketones (excluding diaryl/α,β-unsaturated/α-hetero) is 1. The van der Waals surface area contributed by atoms with Crippen LogP contribution in [0, 0.1) is 0 Å². The quantitative estimate of drug-likeness (QED) is 0.247. The van der Waals surface area contributed by atoms with Crippen molar-refractivity contribution in [1.29, 1.82) is 0 Å². The van der Waals surface area contributed by atoms with Gasteiger partial charge in [0.25, 0.3) is 17.6 Å². The summed E-state index contributed by atoms with van der Waals surface area (Å²) in [5, 5.41) is 7.50. The summed E-state index contributed by atoms with van der Waals surface area (Å²) in [5.74, 6) is -0.320. The van der Waals surface area contributed by atoms with E-state index in [0.29, 0.717) is 51.7 Å². The Balaban J connectivity index is 1.25. The van der Waals surface area contributed by atoms with Gasteiger partial charge in [0.05, 0.1) is 41.6 Å². The summed E-state index contributed by atoms with van der Waals surface area (Å²) in [6.45, 7) is 2.68. The molecule has 5 heterocycles. The Morgan fingerprint density at radius 3 is 2.67 bits per heavy atom. The number of aromatic nitrogens is 5. The van der Waals surface area contributed by atoms with E-state index in [2.05, 4.69) is 25.1 Å². The van der Waals surface area contributed by atoms with Gasteiger partial charge in [-0.25, -0.2) is 9.97 Å². The number of fused-ring (bicyclic) bond motifs is 1. The second-order valence-electron chi connectivity index (χ2n) is 9.44. The molecule has 1 aliphatic rings. The van der Waals surface area contributed by atoms with Crippen LogP contribution in [0.25, 0.3) is 33.8 Å². The molecule has 6 rings (SSSR count). The zero-order chi connectivity index (χ0) is 27.8. The van der Waals surface area contributed by atoms with Crippen molar-refractivity contribution in [3.8, 4) is 28.7 Å². The largest absolute Gasteiger partial charge is 0.494 e. The van der Waals surface area contributed by atoms with Gasteiger partial charge in [0.1, 0.15) is 17.7 Å². The minimum Gasteiger partial charge on any atom is -0.494 e. The predicted molar refractivity (Wildman–Crippen MR) is 144 cm³/mol. The molecular weight excluding hydrogens is 514 g/mol. The first-order chi connectivity index (χ1) is 19.5. The highest BCUT2D eigenvalue weighted by molar-refractivity contribution is 6.45. The zero-order valence-corrected chi connectivity index (χ0v) is 21.7. The standard InChI is InChI=1S/C28H25N7O5/c1-16-14-34(9-10-35(16)27(37)17-6-4-3-5-7-17)28(38)24(36)19-12-29-22-21(19)20(39-2)13-30-23(22)26-31-25(32-33-26)18-8-11-40-15-18/h3-8,11-13,15-16,29H,9-10,14H2,1-2H3,(H,31,32,33). The van der Waals surface area contributed by atoms with E-state index in [9.17, 15) is 14.4 Å². The fraction of sp³-hybridized carbons (Fsp3) is 0.214. The SMILES string of the molecule is COc1cnc(-c2nc(-c3ccoc3)n[nH]2)c2[nH]cc(C(=O)C(=O)N3CCN(C(=O)c4ccccc4)C(C)C3)c12. The predicted octanol–water partition coefficient (Wildman–Crippen LogP) is 3.17. The van der Waals surface area contributed by atoms with Crippen molar-refractivity contribution >= 4 is 28.5 Å². The highest BCUT2D eigenvalue weighted by atomic mass is 16.5. The highest BCUT2D eigenvalue weighted by Crippen LogP contribution is 2.34. The number of pyridine rings is 1. The molecule has 0 saturated carbocycles. The van der Waals surface area contributed by atoms with Gasteiger partial charge < -0.3 is 23.9 Å². The minimum absolute atomic E-state index is 0.101. The number of furan rings is 1. The number of carbonyl (C=O) groups excluding carboxylic acids is 3. The molecule has 40 heavy (non-hydrogen) atoms. The topological polar surface area (TPSA) is 150 Å². The summed E-state index contributed by atoms with van der Waals surface area (Å²) < 4.78 is 10.6. The number of carbonyl (C=O) groups is 3. The number of ketones is 1. The molecule has 1 saturated heterocycles. The van der Waals surface area contributed by atoms with Crippen LogP contribution in [0.4, 0.5) is 0 Å². The molecule has 2 N–H and O–H groups in total. The van der Waals surface area contributed by atoms with Gasteiger partial charge in [0.15, 0.2) is 11.6 Å². The average molecular weight is 540 g/mol. The Morgan fingerprint density at radius 2 is 1.95 bits per heavy atom. The number of amides is 2. The number of rotatable bonds is 6. The second-order valence-corrected chi connectivity index (χ2v) is 9.44. The molecule has 5 aromatic rings. The van der Waals surface area contributed by atoms with E-state index in [4.69, 9.17) is 9.15 Å². The molecule has 1 aromatic carbocycles. The Hall–Kier alpha value is -5.26. The van der Waals surface area contributed by atoms with Gasteiger partial charge in [-0.1, -0.05) is 18.2 Å². The maximum atomic E-state index is 13.5. The molecule has 4 aromatic heterocycles. The lowest BCUT2D eigenvalue weighted by Crippen LogP contribution is -2.56. The van der Waals surface area contributed by atoms with Crippen LogP contribution in [0.15, 0.2) is 65.7 Å². The normalized spacial score (nSPS) is 15.4. The Kier molecular flexibility index (Phi) is 6.34. The van der Waals surface area contributed by atoms with Crippen molar-refractivity contribution < 1.29 is 23.5 Å². The van der Waals surface area contributed by atoms with Gasteiger partial charge in [-0.15, -0.1) is 0 Å². The van der Waals surface area contributed by atoms with Crippen molar-refractivity contribution in [3.63, 3.8) is 0 Å². The van der Waals surface area contributed by atoms with Gasteiger partial charge in [-0.3, -0.25) is 19.5 Å². The van der Waals surface area contributed by atoms with E-state index in [0.717, 1.165) is 0 Å². The molecule has 1 aliphatic heterocycles. The Labute approximate surface area is 228 Å². The van der Waals surface area contributed by atoms with Gasteiger partial charge in [0.2, 0.25) is 0 Å². The van der Waals surface area contributed by atoms with Crippen molar-refractivity contribution in [2.24, 2.45) is 0 Å². The summed E-state index contributed by atoms with van der Waals surface area (Å²) in [5.41, 5.74) is 2.32. The molecule has 1 atom stereocenters. The highest BCUT2D eigenvalue weighted by Gasteiger charge is 2.34. The van der Waals surface area contributed by atoms with Crippen LogP contribution in [0.3, 0.4) is 0 Å². The fourth-order valence-corrected chi connectivity index (χ4v) is 4.97. The minimum atomic E-state index is -0.687. The molecule has 2 amide bonds. The van der Waals surface area contributed by atoms with Crippen LogP contribution in [-0.2, 0) is 4.79 Å². The lowest BCUT2D eigenvalue weighted by Gasteiger charge is -2.39. The Bertz CT molecular complexity index is 1710. The van der Waals surface area contributed by atoms with Gasteiger partial charge >= 0.3 is 0 Å². The van der Waals surface area contributed by atoms with E-state index in [-0.39, 0.29) is 30.6 Å². The third kappa shape index (κ3) is 4.28.